The first kappa shape index (κ1) is 19.3. The molecule has 6 heteroatoms. The summed E-state index contributed by atoms with van der Waals surface area (Å²) in [5.41, 5.74) is 5.76. The fourth-order valence-corrected chi connectivity index (χ4v) is 2.91. The Kier molecular flexibility index (Phi) is 5.75. The van der Waals surface area contributed by atoms with Crippen molar-refractivity contribution in [3.8, 4) is 0 Å². The van der Waals surface area contributed by atoms with Gasteiger partial charge in [-0.15, -0.1) is 0 Å². The molecule has 0 aliphatic heterocycles. The average Bonchev–Trinajstić information content (AvgIpc) is 2.63. The van der Waals surface area contributed by atoms with Crippen LogP contribution in [0, 0.1) is 20.8 Å². The smallest absolute Gasteiger partial charge is 0.360 e. The van der Waals surface area contributed by atoms with Crippen LogP contribution in [0.2, 0.25) is 0 Å². The van der Waals surface area contributed by atoms with Gasteiger partial charge in [-0.25, -0.2) is 14.8 Å². The summed E-state index contributed by atoms with van der Waals surface area (Å²) >= 11 is 3.50. The fraction of sp³-hybridized carbons (Fsp3) is 0.286. The maximum absolute atomic E-state index is 12.6. The first-order valence-corrected chi connectivity index (χ1v) is 9.67. The Morgan fingerprint density at radius 2 is 1.70 bits per heavy atom. The number of carbonyl (C=O) groups excluding carboxylic acids is 1. The topological polar surface area (TPSA) is 64.1 Å². The fourth-order valence-electron chi connectivity index (χ4n) is 2.66. The van der Waals surface area contributed by atoms with Crippen LogP contribution in [0.1, 0.15) is 40.5 Å². The molecule has 0 spiro atoms. The molecule has 0 fully saturated rings. The minimum absolute atomic E-state index is 0.194. The Bertz CT molecular complexity index is 1020. The van der Waals surface area contributed by atoms with E-state index >= 15 is 0 Å². The minimum atomic E-state index is -0.471. The SMILES string of the molecule is CCCOC(=O)c1nc2cc(C)c(C)cc2nc1Nc1ccc(Br)c(C)c1. The van der Waals surface area contributed by atoms with E-state index < -0.39 is 5.97 Å². The van der Waals surface area contributed by atoms with Gasteiger partial charge in [-0.2, -0.15) is 0 Å². The lowest BCUT2D eigenvalue weighted by molar-refractivity contribution is 0.0499. The van der Waals surface area contributed by atoms with Crippen LogP contribution >= 0.6 is 15.9 Å². The quantitative estimate of drug-likeness (QED) is 0.534. The number of aromatic nitrogens is 2. The van der Waals surface area contributed by atoms with Crippen molar-refractivity contribution >= 4 is 44.4 Å². The molecule has 1 aromatic heterocycles. The Morgan fingerprint density at radius 3 is 2.33 bits per heavy atom. The highest BCUT2D eigenvalue weighted by molar-refractivity contribution is 9.10. The number of rotatable bonds is 5. The van der Waals surface area contributed by atoms with E-state index in [-0.39, 0.29) is 5.69 Å². The molecule has 140 valence electrons. The molecule has 0 aliphatic carbocycles. The van der Waals surface area contributed by atoms with Crippen LogP contribution < -0.4 is 5.32 Å². The lowest BCUT2D eigenvalue weighted by Crippen LogP contribution is -2.13. The molecule has 3 rings (SSSR count). The third-order valence-corrected chi connectivity index (χ3v) is 5.22. The predicted molar refractivity (Wildman–Crippen MR) is 112 cm³/mol. The van der Waals surface area contributed by atoms with E-state index in [1.807, 2.05) is 58.0 Å². The number of aryl methyl sites for hydroxylation is 3. The van der Waals surface area contributed by atoms with Crippen LogP contribution in [-0.2, 0) is 4.74 Å². The number of nitrogens with one attached hydrogen (secondary N) is 1. The maximum Gasteiger partial charge on any atom is 0.360 e. The van der Waals surface area contributed by atoms with Crippen molar-refractivity contribution in [2.45, 2.75) is 34.1 Å². The summed E-state index contributed by atoms with van der Waals surface area (Å²) < 4.78 is 6.33. The minimum Gasteiger partial charge on any atom is -0.461 e. The molecule has 0 atom stereocenters. The third kappa shape index (κ3) is 4.27. The molecule has 2 aromatic carbocycles. The molecule has 0 unspecified atom stereocenters. The van der Waals surface area contributed by atoms with Gasteiger partial charge in [0.25, 0.3) is 0 Å². The van der Waals surface area contributed by atoms with Crippen molar-refractivity contribution < 1.29 is 9.53 Å². The van der Waals surface area contributed by atoms with Crippen LogP contribution in [0.5, 0.6) is 0 Å². The van der Waals surface area contributed by atoms with E-state index in [9.17, 15) is 4.79 Å². The lowest BCUT2D eigenvalue weighted by atomic mass is 10.1. The van der Waals surface area contributed by atoms with E-state index in [2.05, 4.69) is 31.2 Å². The second kappa shape index (κ2) is 8.05. The Morgan fingerprint density at radius 1 is 1.04 bits per heavy atom. The van der Waals surface area contributed by atoms with Gasteiger partial charge >= 0.3 is 5.97 Å². The number of anilines is 2. The number of fused-ring (bicyclic) bond motifs is 1. The maximum atomic E-state index is 12.6. The summed E-state index contributed by atoms with van der Waals surface area (Å²) in [4.78, 5) is 21.8. The second-order valence-electron chi connectivity index (χ2n) is 6.57. The van der Waals surface area contributed by atoms with E-state index in [0.29, 0.717) is 17.9 Å². The van der Waals surface area contributed by atoms with Crippen molar-refractivity contribution in [2.75, 3.05) is 11.9 Å². The van der Waals surface area contributed by atoms with Gasteiger partial charge in [0, 0.05) is 10.2 Å². The molecule has 1 N–H and O–H groups in total. The lowest BCUT2D eigenvalue weighted by Gasteiger charge is -2.13. The standard InChI is InChI=1S/C21H22BrN3O2/c1-5-8-27-21(26)19-20(23-15-6-7-16(22)14(4)9-15)25-18-11-13(3)12(2)10-17(18)24-19/h6-7,9-11H,5,8H2,1-4H3,(H,23,25). The highest BCUT2D eigenvalue weighted by Crippen LogP contribution is 2.26. The number of esters is 1. The predicted octanol–water partition coefficient (Wildman–Crippen LogP) is 5.63. The van der Waals surface area contributed by atoms with Crippen molar-refractivity contribution in [2.24, 2.45) is 0 Å². The summed E-state index contributed by atoms with van der Waals surface area (Å²) in [5.74, 6) is -0.0746. The van der Waals surface area contributed by atoms with Crippen LogP contribution in [0.15, 0.2) is 34.8 Å². The molecule has 27 heavy (non-hydrogen) atoms. The van der Waals surface area contributed by atoms with Gasteiger partial charge in [0.15, 0.2) is 11.5 Å². The van der Waals surface area contributed by atoms with Crippen LogP contribution in [-0.4, -0.2) is 22.5 Å². The molecular formula is C21H22BrN3O2. The Hall–Kier alpha value is -2.47. The summed E-state index contributed by atoms with van der Waals surface area (Å²) in [6.45, 7) is 8.36. The summed E-state index contributed by atoms with van der Waals surface area (Å²) in [7, 11) is 0. The largest absolute Gasteiger partial charge is 0.461 e. The molecule has 0 aliphatic rings. The second-order valence-corrected chi connectivity index (χ2v) is 7.43. The Labute approximate surface area is 167 Å². The van der Waals surface area contributed by atoms with Gasteiger partial charge in [0.2, 0.25) is 0 Å². The third-order valence-electron chi connectivity index (χ3n) is 4.33. The number of hydrogen-bond donors (Lipinski definition) is 1. The number of hydrogen-bond acceptors (Lipinski definition) is 5. The highest BCUT2D eigenvalue weighted by atomic mass is 79.9. The number of halogens is 1. The van der Waals surface area contributed by atoms with Crippen LogP contribution in [0.25, 0.3) is 11.0 Å². The van der Waals surface area contributed by atoms with Crippen LogP contribution in [0.3, 0.4) is 0 Å². The zero-order chi connectivity index (χ0) is 19.6. The average molecular weight is 428 g/mol. The molecule has 5 nitrogen and oxygen atoms in total. The molecule has 0 amide bonds. The van der Waals surface area contributed by atoms with Crippen molar-refractivity contribution in [1.82, 2.24) is 9.97 Å². The van der Waals surface area contributed by atoms with E-state index in [0.717, 1.165) is 38.8 Å². The normalized spacial score (nSPS) is 10.9. The van der Waals surface area contributed by atoms with E-state index in [1.54, 1.807) is 0 Å². The van der Waals surface area contributed by atoms with Gasteiger partial charge in [-0.05, 0) is 74.2 Å². The van der Waals surface area contributed by atoms with Crippen molar-refractivity contribution in [1.29, 1.82) is 0 Å². The van der Waals surface area contributed by atoms with E-state index in [4.69, 9.17) is 4.74 Å². The van der Waals surface area contributed by atoms with Crippen molar-refractivity contribution in [3.05, 3.63) is 57.2 Å². The molecule has 0 saturated heterocycles. The number of nitrogens with zero attached hydrogens (tertiary/aromatic N) is 2. The van der Waals surface area contributed by atoms with Gasteiger partial charge in [0.05, 0.1) is 17.6 Å². The first-order valence-electron chi connectivity index (χ1n) is 8.88. The van der Waals surface area contributed by atoms with Gasteiger partial charge in [0.1, 0.15) is 0 Å². The van der Waals surface area contributed by atoms with Gasteiger partial charge in [-0.3, -0.25) is 0 Å². The number of ether oxygens (including phenoxy) is 1. The summed E-state index contributed by atoms with van der Waals surface area (Å²) in [6, 6.07) is 9.79. The molecule has 3 aromatic rings. The molecule has 0 saturated carbocycles. The zero-order valence-corrected chi connectivity index (χ0v) is 17.5. The molecular weight excluding hydrogens is 406 g/mol. The summed E-state index contributed by atoms with van der Waals surface area (Å²) in [5, 5.41) is 3.23. The monoisotopic (exact) mass is 427 g/mol. The number of carbonyl (C=O) groups is 1. The number of benzene rings is 2. The van der Waals surface area contributed by atoms with Gasteiger partial charge < -0.3 is 10.1 Å². The molecule has 1 heterocycles. The highest BCUT2D eigenvalue weighted by Gasteiger charge is 2.19. The Balaban J connectivity index is 2.10. The van der Waals surface area contributed by atoms with Crippen LogP contribution in [0.4, 0.5) is 11.5 Å². The van der Waals surface area contributed by atoms with E-state index in [1.165, 1.54) is 0 Å². The summed E-state index contributed by atoms with van der Waals surface area (Å²) in [6.07, 6.45) is 0.750. The molecule has 0 bridgehead atoms. The first-order chi connectivity index (χ1) is 12.9. The van der Waals surface area contributed by atoms with Crippen molar-refractivity contribution in [3.63, 3.8) is 0 Å². The van der Waals surface area contributed by atoms with Gasteiger partial charge in [-0.1, -0.05) is 22.9 Å². The molecule has 0 radical (unpaired) electrons. The zero-order valence-electron chi connectivity index (χ0n) is 15.9.